The highest BCUT2D eigenvalue weighted by atomic mass is 35.5. The lowest BCUT2D eigenvalue weighted by Crippen LogP contribution is -2.39. The van der Waals surface area contributed by atoms with Crippen molar-refractivity contribution in [3.63, 3.8) is 0 Å². The van der Waals surface area contributed by atoms with Crippen molar-refractivity contribution in [3.05, 3.63) is 35.9 Å². The van der Waals surface area contributed by atoms with Crippen LogP contribution < -0.4 is 0 Å². The summed E-state index contributed by atoms with van der Waals surface area (Å²) in [6.07, 6.45) is 0.639. The molecule has 1 fully saturated rings. The van der Waals surface area contributed by atoms with E-state index in [4.69, 9.17) is 16.3 Å². The fourth-order valence-electron chi connectivity index (χ4n) is 2.18. The summed E-state index contributed by atoms with van der Waals surface area (Å²) in [5, 5.41) is 9.50. The molecule has 98 valence electrons. The lowest BCUT2D eigenvalue weighted by Gasteiger charge is -2.35. The largest absolute Gasteiger partial charge is 0.430 e. The Morgan fingerprint density at radius 2 is 1.94 bits per heavy atom. The summed E-state index contributed by atoms with van der Waals surface area (Å²) in [6.45, 7) is 1.37. The van der Waals surface area contributed by atoms with Crippen molar-refractivity contribution >= 4 is 17.0 Å². The number of rotatable bonds is 3. The third kappa shape index (κ3) is 3.45. The van der Waals surface area contributed by atoms with Crippen LogP contribution in [0.3, 0.4) is 0 Å². The molecule has 0 amide bonds. The molecule has 0 bridgehead atoms. The van der Waals surface area contributed by atoms with Crippen molar-refractivity contribution in [2.45, 2.75) is 25.2 Å². The van der Waals surface area contributed by atoms with E-state index >= 15 is 0 Å². The summed E-state index contributed by atoms with van der Waals surface area (Å²) in [5.74, 6) is 0. The molecule has 0 aromatic heterocycles. The lowest BCUT2D eigenvalue weighted by molar-refractivity contribution is -0.0365. The van der Waals surface area contributed by atoms with Crippen LogP contribution in [0.2, 0.25) is 0 Å². The van der Waals surface area contributed by atoms with E-state index in [1.807, 2.05) is 35.2 Å². The number of nitrogens with zero attached hydrogens (tertiary/aromatic N) is 1. The number of carbonyl (C=O) groups excluding carboxylic acids is 1. The monoisotopic (exact) mass is 269 g/mol. The first-order chi connectivity index (χ1) is 8.66. The van der Waals surface area contributed by atoms with Crippen LogP contribution in [0.15, 0.2) is 30.3 Å². The number of benzene rings is 1. The minimum absolute atomic E-state index is 0.260. The first kappa shape index (κ1) is 13.3. The molecule has 1 aliphatic heterocycles. The van der Waals surface area contributed by atoms with Gasteiger partial charge in [0, 0.05) is 30.3 Å². The maximum Gasteiger partial charge on any atom is 0.405 e. The molecule has 1 saturated heterocycles. The summed E-state index contributed by atoms with van der Waals surface area (Å²) >= 11 is 5.33. The molecule has 18 heavy (non-hydrogen) atoms. The van der Waals surface area contributed by atoms with Gasteiger partial charge in [-0.15, -0.1) is 0 Å². The summed E-state index contributed by atoms with van der Waals surface area (Å²) in [6, 6.07) is 9.49. The molecule has 1 unspecified atom stereocenters. The van der Waals surface area contributed by atoms with Gasteiger partial charge in [-0.3, -0.25) is 4.90 Å². The summed E-state index contributed by atoms with van der Waals surface area (Å²) in [4.78, 5) is 13.0. The Morgan fingerprint density at radius 1 is 1.33 bits per heavy atom. The summed E-state index contributed by atoms with van der Waals surface area (Å²) in [7, 11) is 0. The zero-order valence-electron chi connectivity index (χ0n) is 9.96. The molecule has 1 atom stereocenters. The molecule has 1 N–H and O–H groups in total. The van der Waals surface area contributed by atoms with Crippen molar-refractivity contribution in [2.24, 2.45) is 0 Å². The highest BCUT2D eigenvalue weighted by Gasteiger charge is 2.27. The smallest absolute Gasteiger partial charge is 0.405 e. The Balaban J connectivity index is 2.12. The van der Waals surface area contributed by atoms with E-state index in [0.717, 1.165) is 5.56 Å². The fraction of sp³-hybridized carbons (Fsp3) is 0.462. The second-order valence-corrected chi connectivity index (χ2v) is 4.69. The van der Waals surface area contributed by atoms with E-state index in [-0.39, 0.29) is 6.10 Å². The molecule has 5 heteroatoms. The number of aliphatic hydroxyl groups is 1. The minimum atomic E-state index is -0.810. The van der Waals surface area contributed by atoms with Crippen LogP contribution in [-0.2, 0) is 4.74 Å². The Bertz CT molecular complexity index is 390. The third-order valence-corrected chi connectivity index (χ3v) is 3.21. The van der Waals surface area contributed by atoms with E-state index in [2.05, 4.69) is 0 Å². The van der Waals surface area contributed by atoms with Gasteiger partial charge in [-0.25, -0.2) is 4.79 Å². The van der Waals surface area contributed by atoms with Gasteiger partial charge in [0.15, 0.2) is 6.23 Å². The Kier molecular flexibility index (Phi) is 4.58. The molecule has 1 aromatic carbocycles. The first-order valence-corrected chi connectivity index (χ1v) is 6.38. The van der Waals surface area contributed by atoms with Crippen LogP contribution in [0.5, 0.6) is 0 Å². The van der Waals surface area contributed by atoms with Gasteiger partial charge in [0.05, 0.1) is 6.10 Å². The van der Waals surface area contributed by atoms with Gasteiger partial charge in [-0.1, -0.05) is 30.3 Å². The molecular weight excluding hydrogens is 254 g/mol. The van der Waals surface area contributed by atoms with Gasteiger partial charge < -0.3 is 9.84 Å². The lowest BCUT2D eigenvalue weighted by atomic mass is 10.1. The maximum atomic E-state index is 11.0. The van der Waals surface area contributed by atoms with E-state index in [1.165, 1.54) is 0 Å². The van der Waals surface area contributed by atoms with Crippen LogP contribution >= 0.6 is 11.6 Å². The number of aliphatic hydroxyl groups excluding tert-OH is 1. The molecule has 0 radical (unpaired) electrons. The van der Waals surface area contributed by atoms with Crippen molar-refractivity contribution < 1.29 is 14.6 Å². The maximum absolute atomic E-state index is 11.0. The van der Waals surface area contributed by atoms with Crippen LogP contribution in [0, 0.1) is 0 Å². The van der Waals surface area contributed by atoms with Gasteiger partial charge in [0.25, 0.3) is 0 Å². The minimum Gasteiger partial charge on any atom is -0.430 e. The molecule has 1 aromatic rings. The zero-order chi connectivity index (χ0) is 13.0. The Labute approximate surface area is 111 Å². The molecular formula is C13H16ClNO3. The second kappa shape index (κ2) is 6.18. The van der Waals surface area contributed by atoms with E-state index < -0.39 is 11.7 Å². The van der Waals surface area contributed by atoms with E-state index in [1.54, 1.807) is 0 Å². The van der Waals surface area contributed by atoms with Crippen molar-refractivity contribution in [2.75, 3.05) is 13.1 Å². The number of hydrogen-bond donors (Lipinski definition) is 1. The van der Waals surface area contributed by atoms with Gasteiger partial charge in [0.2, 0.25) is 0 Å². The first-order valence-electron chi connectivity index (χ1n) is 6.00. The molecule has 0 saturated carbocycles. The SMILES string of the molecule is O=C(Cl)OC(c1ccccc1)N1CCC(O)CC1. The van der Waals surface area contributed by atoms with Crippen molar-refractivity contribution in [1.82, 2.24) is 4.90 Å². The number of halogens is 1. The number of likely N-dealkylation sites (tertiary alicyclic amines) is 1. The number of piperidine rings is 1. The zero-order valence-corrected chi connectivity index (χ0v) is 10.7. The predicted octanol–water partition coefficient (Wildman–Crippen LogP) is 2.52. The molecule has 4 nitrogen and oxygen atoms in total. The number of hydrogen-bond acceptors (Lipinski definition) is 4. The highest BCUT2D eigenvalue weighted by Crippen LogP contribution is 2.26. The molecule has 0 aliphatic carbocycles. The normalized spacial score (nSPS) is 19.4. The van der Waals surface area contributed by atoms with Crippen LogP contribution in [0.4, 0.5) is 4.79 Å². The van der Waals surface area contributed by atoms with Gasteiger partial charge in [-0.2, -0.15) is 0 Å². The molecule has 1 heterocycles. The van der Waals surface area contributed by atoms with Gasteiger partial charge in [-0.05, 0) is 12.8 Å². The average Bonchev–Trinajstić information content (AvgIpc) is 2.38. The Morgan fingerprint density at radius 3 is 2.50 bits per heavy atom. The summed E-state index contributed by atoms with van der Waals surface area (Å²) < 4.78 is 5.18. The van der Waals surface area contributed by atoms with Gasteiger partial charge >= 0.3 is 5.43 Å². The van der Waals surface area contributed by atoms with Gasteiger partial charge in [0.1, 0.15) is 0 Å². The van der Waals surface area contributed by atoms with Crippen molar-refractivity contribution in [3.8, 4) is 0 Å². The molecule has 1 aliphatic rings. The van der Waals surface area contributed by atoms with Crippen LogP contribution in [0.25, 0.3) is 0 Å². The Hall–Kier alpha value is -1.10. The number of carbonyl (C=O) groups is 1. The standard InChI is InChI=1S/C13H16ClNO3/c14-13(17)18-12(10-4-2-1-3-5-10)15-8-6-11(16)7-9-15/h1-5,11-12,16H,6-9H2. The molecule has 2 rings (SSSR count). The number of ether oxygens (including phenoxy) is 1. The van der Waals surface area contributed by atoms with E-state index in [0.29, 0.717) is 25.9 Å². The van der Waals surface area contributed by atoms with E-state index in [9.17, 15) is 9.90 Å². The quantitative estimate of drug-likeness (QED) is 0.857. The predicted molar refractivity (Wildman–Crippen MR) is 68.3 cm³/mol. The van der Waals surface area contributed by atoms with Crippen LogP contribution in [-0.4, -0.2) is 34.6 Å². The third-order valence-electron chi connectivity index (χ3n) is 3.12. The summed E-state index contributed by atoms with van der Waals surface area (Å²) in [5.41, 5.74) is 0.0814. The molecule has 0 spiro atoms. The van der Waals surface area contributed by atoms with Crippen molar-refractivity contribution in [1.29, 1.82) is 0 Å². The second-order valence-electron chi connectivity index (χ2n) is 4.39. The van der Waals surface area contributed by atoms with Crippen LogP contribution in [0.1, 0.15) is 24.6 Å². The fourth-order valence-corrected chi connectivity index (χ4v) is 2.26. The topological polar surface area (TPSA) is 49.8 Å². The highest BCUT2D eigenvalue weighted by molar-refractivity contribution is 6.61. The average molecular weight is 270 g/mol.